The van der Waals surface area contributed by atoms with Crippen molar-refractivity contribution in [2.75, 3.05) is 20.3 Å². The second-order valence-corrected chi connectivity index (χ2v) is 6.78. The number of hydrogen-bond donors (Lipinski definition) is 1. The molecule has 0 spiro atoms. The largest absolute Gasteiger partial charge is 0.383 e. The Morgan fingerprint density at radius 3 is 3.10 bits per heavy atom. The number of thioether (sulfide) groups is 1. The normalized spacial score (nSPS) is 17.1. The van der Waals surface area contributed by atoms with Crippen molar-refractivity contribution >= 4 is 11.8 Å². The van der Waals surface area contributed by atoms with Crippen LogP contribution in [0.2, 0.25) is 0 Å². The van der Waals surface area contributed by atoms with Crippen molar-refractivity contribution in [1.82, 2.24) is 9.88 Å². The first-order valence-corrected chi connectivity index (χ1v) is 8.32. The van der Waals surface area contributed by atoms with Gasteiger partial charge in [0, 0.05) is 49.3 Å². The van der Waals surface area contributed by atoms with Crippen molar-refractivity contribution in [2.45, 2.75) is 29.7 Å². The summed E-state index contributed by atoms with van der Waals surface area (Å²) >= 11 is 2.01. The Balaban J connectivity index is 1.49. The molecule has 2 heterocycles. The van der Waals surface area contributed by atoms with Gasteiger partial charge in [-0.3, -0.25) is 0 Å². The summed E-state index contributed by atoms with van der Waals surface area (Å²) in [6.07, 6.45) is 5.63. The molecule has 1 aromatic carbocycles. The summed E-state index contributed by atoms with van der Waals surface area (Å²) in [7, 11) is 1.73. The first-order valence-electron chi connectivity index (χ1n) is 7.44. The number of hydrogen-bond acceptors (Lipinski definition) is 3. The molecule has 1 N–H and O–H groups in total. The van der Waals surface area contributed by atoms with Gasteiger partial charge in [-0.25, -0.2) is 0 Å². The first-order chi connectivity index (χ1) is 10.3. The highest BCUT2D eigenvalue weighted by Gasteiger charge is 2.21. The lowest BCUT2D eigenvalue weighted by Crippen LogP contribution is -2.18. The van der Waals surface area contributed by atoms with Crippen LogP contribution in [-0.2, 0) is 24.2 Å². The minimum atomic E-state index is 0.657. The maximum Gasteiger partial charge on any atom is 0.0587 e. The summed E-state index contributed by atoms with van der Waals surface area (Å²) < 4.78 is 7.35. The molecular formula is C17H22N2OS. The molecule has 0 saturated heterocycles. The molecule has 2 aromatic rings. The van der Waals surface area contributed by atoms with Crippen molar-refractivity contribution in [3.05, 3.63) is 53.9 Å². The van der Waals surface area contributed by atoms with E-state index in [1.165, 1.54) is 22.4 Å². The van der Waals surface area contributed by atoms with Gasteiger partial charge in [0.05, 0.1) is 6.61 Å². The van der Waals surface area contributed by atoms with E-state index in [9.17, 15) is 0 Å². The quantitative estimate of drug-likeness (QED) is 0.797. The third-order valence-electron chi connectivity index (χ3n) is 3.75. The maximum absolute atomic E-state index is 5.03. The Kier molecular flexibility index (Phi) is 5.01. The Bertz CT molecular complexity index is 557. The molecule has 1 aliphatic rings. The molecule has 4 heteroatoms. The zero-order valence-corrected chi connectivity index (χ0v) is 13.2. The van der Waals surface area contributed by atoms with Crippen LogP contribution in [0.5, 0.6) is 0 Å². The van der Waals surface area contributed by atoms with Crippen LogP contribution >= 0.6 is 11.8 Å². The topological polar surface area (TPSA) is 26.2 Å². The number of ether oxygens (including phenoxy) is 1. The predicted molar refractivity (Wildman–Crippen MR) is 87.8 cm³/mol. The van der Waals surface area contributed by atoms with Crippen LogP contribution < -0.4 is 5.32 Å². The highest BCUT2D eigenvalue weighted by molar-refractivity contribution is 8.00. The summed E-state index contributed by atoms with van der Waals surface area (Å²) in [5.74, 6) is 0. The number of nitrogens with zero attached hydrogens (tertiary/aromatic N) is 1. The second-order valence-electron chi connectivity index (χ2n) is 5.44. The number of methoxy groups -OCH3 is 1. The van der Waals surface area contributed by atoms with Gasteiger partial charge >= 0.3 is 0 Å². The molecule has 21 heavy (non-hydrogen) atoms. The zero-order chi connectivity index (χ0) is 14.5. The number of aromatic nitrogens is 1. The SMILES string of the molecule is COCCNCc1ccn(CC2Cc3ccccc3S2)c1. The van der Waals surface area contributed by atoms with Gasteiger partial charge in [-0.05, 0) is 29.7 Å². The smallest absolute Gasteiger partial charge is 0.0587 e. The van der Waals surface area contributed by atoms with Gasteiger partial charge in [-0.2, -0.15) is 0 Å². The highest BCUT2D eigenvalue weighted by atomic mass is 32.2. The van der Waals surface area contributed by atoms with Crippen molar-refractivity contribution in [3.63, 3.8) is 0 Å². The van der Waals surface area contributed by atoms with E-state index in [1.807, 2.05) is 11.8 Å². The minimum absolute atomic E-state index is 0.657. The lowest BCUT2D eigenvalue weighted by atomic mass is 10.1. The molecule has 0 aliphatic carbocycles. The van der Waals surface area contributed by atoms with Gasteiger partial charge in [0.1, 0.15) is 0 Å². The lowest BCUT2D eigenvalue weighted by molar-refractivity contribution is 0.199. The molecule has 0 saturated carbocycles. The fraction of sp³-hybridized carbons (Fsp3) is 0.412. The summed E-state index contributed by atoms with van der Waals surface area (Å²) in [5, 5.41) is 4.04. The van der Waals surface area contributed by atoms with Crippen LogP contribution in [0.25, 0.3) is 0 Å². The summed E-state index contributed by atoms with van der Waals surface area (Å²) in [6.45, 7) is 3.65. The van der Waals surface area contributed by atoms with E-state index < -0.39 is 0 Å². The number of fused-ring (bicyclic) bond motifs is 1. The Morgan fingerprint density at radius 1 is 1.33 bits per heavy atom. The summed E-state index contributed by atoms with van der Waals surface area (Å²) in [6, 6.07) is 11.0. The molecule has 3 nitrogen and oxygen atoms in total. The predicted octanol–water partition coefficient (Wildman–Crippen LogP) is 2.94. The molecule has 1 aromatic heterocycles. The zero-order valence-electron chi connectivity index (χ0n) is 12.4. The second kappa shape index (κ2) is 7.16. The van der Waals surface area contributed by atoms with Crippen LogP contribution in [0.3, 0.4) is 0 Å². The molecule has 1 atom stereocenters. The van der Waals surface area contributed by atoms with Crippen LogP contribution in [0.4, 0.5) is 0 Å². The van der Waals surface area contributed by atoms with Crippen LogP contribution in [0.15, 0.2) is 47.6 Å². The first kappa shape index (κ1) is 14.7. The van der Waals surface area contributed by atoms with Crippen molar-refractivity contribution < 1.29 is 4.74 Å². The summed E-state index contributed by atoms with van der Waals surface area (Å²) in [4.78, 5) is 1.45. The van der Waals surface area contributed by atoms with Gasteiger partial charge in [0.15, 0.2) is 0 Å². The number of benzene rings is 1. The Hall–Kier alpha value is -1.23. The van der Waals surface area contributed by atoms with E-state index in [1.54, 1.807) is 7.11 Å². The maximum atomic E-state index is 5.03. The monoisotopic (exact) mass is 302 g/mol. The molecule has 0 amide bonds. The molecule has 0 fully saturated rings. The van der Waals surface area contributed by atoms with E-state index in [2.05, 4.69) is 52.6 Å². The average Bonchev–Trinajstić information content (AvgIpc) is 3.10. The molecular weight excluding hydrogens is 280 g/mol. The Labute approximate surface area is 130 Å². The highest BCUT2D eigenvalue weighted by Crippen LogP contribution is 2.37. The minimum Gasteiger partial charge on any atom is -0.383 e. The van der Waals surface area contributed by atoms with Gasteiger partial charge in [0.25, 0.3) is 0 Å². The van der Waals surface area contributed by atoms with Gasteiger partial charge in [-0.15, -0.1) is 11.8 Å². The molecule has 112 valence electrons. The standard InChI is InChI=1S/C17H22N2OS/c1-20-9-7-18-11-14-6-8-19(12-14)13-16-10-15-4-2-3-5-17(15)21-16/h2-6,8,12,16,18H,7,9-11,13H2,1H3. The van der Waals surface area contributed by atoms with Crippen LogP contribution in [0.1, 0.15) is 11.1 Å². The van der Waals surface area contributed by atoms with E-state index in [0.29, 0.717) is 5.25 Å². The van der Waals surface area contributed by atoms with Gasteiger partial charge < -0.3 is 14.6 Å². The van der Waals surface area contributed by atoms with E-state index >= 15 is 0 Å². The van der Waals surface area contributed by atoms with E-state index in [-0.39, 0.29) is 0 Å². The molecule has 3 rings (SSSR count). The molecule has 1 unspecified atom stereocenters. The lowest BCUT2D eigenvalue weighted by Gasteiger charge is -2.09. The molecule has 0 radical (unpaired) electrons. The van der Waals surface area contributed by atoms with Crippen molar-refractivity contribution in [3.8, 4) is 0 Å². The number of nitrogens with one attached hydrogen (secondary N) is 1. The molecule has 1 aliphatic heterocycles. The van der Waals surface area contributed by atoms with E-state index in [0.717, 1.165) is 26.2 Å². The van der Waals surface area contributed by atoms with Crippen molar-refractivity contribution in [1.29, 1.82) is 0 Å². The van der Waals surface area contributed by atoms with Crippen LogP contribution in [-0.4, -0.2) is 30.1 Å². The van der Waals surface area contributed by atoms with Gasteiger partial charge in [-0.1, -0.05) is 18.2 Å². The molecule has 0 bridgehead atoms. The Morgan fingerprint density at radius 2 is 2.24 bits per heavy atom. The third-order valence-corrected chi connectivity index (χ3v) is 5.05. The number of rotatable bonds is 7. The average molecular weight is 302 g/mol. The fourth-order valence-electron chi connectivity index (χ4n) is 2.71. The fourth-order valence-corrected chi connectivity index (χ4v) is 4.04. The van der Waals surface area contributed by atoms with Gasteiger partial charge in [0.2, 0.25) is 0 Å². The van der Waals surface area contributed by atoms with E-state index in [4.69, 9.17) is 4.74 Å². The summed E-state index contributed by atoms with van der Waals surface area (Å²) in [5.41, 5.74) is 2.84. The van der Waals surface area contributed by atoms with Crippen LogP contribution in [0, 0.1) is 0 Å². The van der Waals surface area contributed by atoms with Crippen molar-refractivity contribution in [2.24, 2.45) is 0 Å². The third kappa shape index (κ3) is 3.90.